The van der Waals surface area contributed by atoms with Crippen molar-refractivity contribution in [1.29, 1.82) is 0 Å². The molecule has 30 heavy (non-hydrogen) atoms. The molecular formula is C20H22FN3O5S. The third-order valence-corrected chi connectivity index (χ3v) is 7.19. The van der Waals surface area contributed by atoms with Gasteiger partial charge in [-0.15, -0.1) is 0 Å². The molecule has 0 saturated carbocycles. The molecule has 0 radical (unpaired) electrons. The van der Waals surface area contributed by atoms with Crippen LogP contribution in [0.1, 0.15) is 47.1 Å². The third-order valence-electron chi connectivity index (χ3n) is 5.44. The van der Waals surface area contributed by atoms with Crippen molar-refractivity contribution >= 4 is 27.4 Å². The number of hydrogen-bond acceptors (Lipinski definition) is 6. The topological polar surface area (TPSA) is 107 Å². The lowest BCUT2D eigenvalue weighted by molar-refractivity contribution is -0.119. The fourth-order valence-corrected chi connectivity index (χ4v) is 5.70. The standard InChI is InChI=1S/C20H22FN3O5S/c21-15-6-2-3-7-16(15)22-18(25)11-29-20(26)19-14-5-1-4-8-17(14)24(23-19)13-9-10-30(27,28)12-13/h2-3,6-7,13H,1,4-5,8-12H2,(H,22,25). The van der Waals surface area contributed by atoms with Crippen molar-refractivity contribution in [1.82, 2.24) is 9.78 Å². The highest BCUT2D eigenvalue weighted by Gasteiger charge is 2.34. The summed E-state index contributed by atoms with van der Waals surface area (Å²) in [5.74, 6) is -1.86. The van der Waals surface area contributed by atoms with E-state index in [0.29, 0.717) is 12.8 Å². The summed E-state index contributed by atoms with van der Waals surface area (Å²) in [6.07, 6.45) is 3.68. The molecule has 1 fully saturated rings. The first kappa shape index (κ1) is 20.5. The molecule has 1 aromatic carbocycles. The molecule has 1 N–H and O–H groups in total. The molecule has 1 aromatic heterocycles. The molecule has 8 nitrogen and oxygen atoms in total. The summed E-state index contributed by atoms with van der Waals surface area (Å²) in [6.45, 7) is -0.577. The van der Waals surface area contributed by atoms with Gasteiger partial charge in [0, 0.05) is 11.3 Å². The first-order chi connectivity index (χ1) is 14.3. The number of fused-ring (bicyclic) bond motifs is 1. The van der Waals surface area contributed by atoms with Gasteiger partial charge in [0.1, 0.15) is 5.82 Å². The fourth-order valence-electron chi connectivity index (χ4n) is 4.01. The number of anilines is 1. The number of carbonyl (C=O) groups excluding carboxylic acids is 2. The van der Waals surface area contributed by atoms with Crippen molar-refractivity contribution in [2.24, 2.45) is 0 Å². The molecule has 2 aliphatic rings. The van der Waals surface area contributed by atoms with E-state index in [1.165, 1.54) is 18.2 Å². The summed E-state index contributed by atoms with van der Waals surface area (Å²) in [6, 6.07) is 5.41. The van der Waals surface area contributed by atoms with E-state index in [0.717, 1.165) is 30.5 Å². The number of amides is 1. The van der Waals surface area contributed by atoms with Gasteiger partial charge in [-0.3, -0.25) is 9.48 Å². The Morgan fingerprint density at radius 1 is 1.23 bits per heavy atom. The number of ether oxygens (including phenoxy) is 1. The second kappa shape index (κ2) is 8.17. The lowest BCUT2D eigenvalue weighted by atomic mass is 9.95. The first-order valence-electron chi connectivity index (χ1n) is 9.86. The van der Waals surface area contributed by atoms with Gasteiger partial charge >= 0.3 is 5.97 Å². The van der Waals surface area contributed by atoms with Gasteiger partial charge in [-0.05, 0) is 44.2 Å². The number of halogens is 1. The van der Waals surface area contributed by atoms with E-state index in [4.69, 9.17) is 4.74 Å². The fraction of sp³-hybridized carbons (Fsp3) is 0.450. The van der Waals surface area contributed by atoms with E-state index >= 15 is 0 Å². The van der Waals surface area contributed by atoms with Gasteiger partial charge in [-0.25, -0.2) is 17.6 Å². The van der Waals surface area contributed by atoms with Crippen molar-refractivity contribution in [2.45, 2.75) is 38.1 Å². The lowest BCUT2D eigenvalue weighted by Crippen LogP contribution is -2.22. The minimum atomic E-state index is -3.10. The molecule has 1 aliphatic carbocycles. The van der Waals surface area contributed by atoms with Crippen LogP contribution in [0.2, 0.25) is 0 Å². The Labute approximate surface area is 173 Å². The maximum Gasteiger partial charge on any atom is 0.359 e. The Balaban J connectivity index is 1.47. The summed E-state index contributed by atoms with van der Waals surface area (Å²) in [5.41, 5.74) is 1.78. The lowest BCUT2D eigenvalue weighted by Gasteiger charge is -2.17. The summed E-state index contributed by atoms with van der Waals surface area (Å²) < 4.78 is 44.2. The van der Waals surface area contributed by atoms with E-state index < -0.39 is 34.1 Å². The number of aromatic nitrogens is 2. The van der Waals surface area contributed by atoms with E-state index in [-0.39, 0.29) is 28.9 Å². The smallest absolute Gasteiger partial charge is 0.359 e. The molecule has 2 aromatic rings. The van der Waals surface area contributed by atoms with Crippen LogP contribution in [-0.4, -0.2) is 48.2 Å². The predicted molar refractivity (Wildman–Crippen MR) is 106 cm³/mol. The second-order valence-electron chi connectivity index (χ2n) is 7.59. The van der Waals surface area contributed by atoms with Crippen LogP contribution < -0.4 is 5.32 Å². The molecular weight excluding hydrogens is 413 g/mol. The average molecular weight is 435 g/mol. The van der Waals surface area contributed by atoms with E-state index in [9.17, 15) is 22.4 Å². The van der Waals surface area contributed by atoms with Crippen molar-refractivity contribution in [3.63, 3.8) is 0 Å². The molecule has 1 atom stereocenters. The number of para-hydroxylation sites is 1. The van der Waals surface area contributed by atoms with Crippen LogP contribution in [0.4, 0.5) is 10.1 Å². The van der Waals surface area contributed by atoms with Crippen LogP contribution in [0.25, 0.3) is 0 Å². The number of benzene rings is 1. The van der Waals surface area contributed by atoms with Gasteiger partial charge in [0.2, 0.25) is 0 Å². The van der Waals surface area contributed by atoms with Gasteiger partial charge in [0.05, 0.1) is 23.2 Å². The van der Waals surface area contributed by atoms with Crippen LogP contribution in [-0.2, 0) is 32.2 Å². The average Bonchev–Trinajstić information content (AvgIpc) is 3.28. The Kier molecular flexibility index (Phi) is 5.59. The molecule has 0 spiro atoms. The summed E-state index contributed by atoms with van der Waals surface area (Å²) >= 11 is 0. The van der Waals surface area contributed by atoms with Crippen LogP contribution in [0.3, 0.4) is 0 Å². The van der Waals surface area contributed by atoms with Crippen molar-refractivity contribution in [3.8, 4) is 0 Å². The highest BCUT2D eigenvalue weighted by atomic mass is 32.2. The van der Waals surface area contributed by atoms with E-state index in [1.807, 2.05) is 0 Å². The molecule has 1 unspecified atom stereocenters. The van der Waals surface area contributed by atoms with Crippen LogP contribution in [0.5, 0.6) is 0 Å². The van der Waals surface area contributed by atoms with Crippen molar-refractivity contribution in [2.75, 3.05) is 23.4 Å². The van der Waals surface area contributed by atoms with Gasteiger partial charge < -0.3 is 10.1 Å². The van der Waals surface area contributed by atoms with Crippen LogP contribution in [0.15, 0.2) is 24.3 Å². The Bertz CT molecular complexity index is 1100. The number of sulfone groups is 1. The zero-order chi connectivity index (χ0) is 21.3. The zero-order valence-electron chi connectivity index (χ0n) is 16.3. The normalized spacial score (nSPS) is 19.8. The highest BCUT2D eigenvalue weighted by molar-refractivity contribution is 7.91. The first-order valence-corrected chi connectivity index (χ1v) is 11.7. The summed E-state index contributed by atoms with van der Waals surface area (Å²) in [5, 5.41) is 6.76. The molecule has 10 heteroatoms. The summed E-state index contributed by atoms with van der Waals surface area (Å²) in [4.78, 5) is 24.7. The minimum absolute atomic E-state index is 0.00245. The number of hydrogen-bond donors (Lipinski definition) is 1. The monoisotopic (exact) mass is 435 g/mol. The molecule has 1 aliphatic heterocycles. The SMILES string of the molecule is O=C(COC(=O)c1nn(C2CCS(=O)(=O)C2)c2c1CCCC2)Nc1ccccc1F. The molecule has 4 rings (SSSR count). The van der Waals surface area contributed by atoms with Gasteiger partial charge in [-0.2, -0.15) is 5.10 Å². The van der Waals surface area contributed by atoms with E-state index in [1.54, 1.807) is 10.7 Å². The van der Waals surface area contributed by atoms with E-state index in [2.05, 4.69) is 10.4 Å². The molecule has 2 heterocycles. The quantitative estimate of drug-likeness (QED) is 0.721. The predicted octanol–water partition coefficient (Wildman–Crippen LogP) is 2.06. The third kappa shape index (κ3) is 4.23. The highest BCUT2D eigenvalue weighted by Crippen LogP contribution is 2.31. The molecule has 0 bridgehead atoms. The van der Waals surface area contributed by atoms with Crippen LogP contribution >= 0.6 is 0 Å². The van der Waals surface area contributed by atoms with Crippen LogP contribution in [0, 0.1) is 5.82 Å². The Hall–Kier alpha value is -2.75. The number of carbonyl (C=O) groups is 2. The van der Waals surface area contributed by atoms with Gasteiger partial charge in [0.15, 0.2) is 22.1 Å². The maximum absolute atomic E-state index is 13.6. The molecule has 1 saturated heterocycles. The largest absolute Gasteiger partial charge is 0.451 e. The number of nitrogens with one attached hydrogen (secondary N) is 1. The Morgan fingerprint density at radius 2 is 2.00 bits per heavy atom. The minimum Gasteiger partial charge on any atom is -0.451 e. The van der Waals surface area contributed by atoms with Gasteiger partial charge in [0.25, 0.3) is 5.91 Å². The number of rotatable bonds is 5. The summed E-state index contributed by atoms with van der Waals surface area (Å²) in [7, 11) is -3.10. The second-order valence-corrected chi connectivity index (χ2v) is 9.82. The molecule has 160 valence electrons. The zero-order valence-corrected chi connectivity index (χ0v) is 17.1. The number of esters is 1. The molecule has 1 amide bonds. The maximum atomic E-state index is 13.6. The number of nitrogens with zero attached hydrogens (tertiary/aromatic N) is 2. The van der Waals surface area contributed by atoms with Crippen molar-refractivity contribution < 1.29 is 27.1 Å². The Morgan fingerprint density at radius 3 is 2.73 bits per heavy atom. The van der Waals surface area contributed by atoms with Gasteiger partial charge in [-0.1, -0.05) is 12.1 Å². The van der Waals surface area contributed by atoms with Crippen molar-refractivity contribution in [3.05, 3.63) is 47.0 Å².